The molecule has 0 radical (unpaired) electrons. The molecular weight excluding hydrogens is 328 g/mol. The van der Waals surface area contributed by atoms with E-state index < -0.39 is 23.5 Å². The largest absolute Gasteiger partial charge is 0.481 e. The van der Waals surface area contributed by atoms with Crippen molar-refractivity contribution in [3.8, 4) is 11.1 Å². The number of carbonyl (C=O) groups excluding carboxylic acids is 1. The number of carbonyl (C=O) groups is 2. The molecule has 0 unspecified atom stereocenters. The third kappa shape index (κ3) is 4.41. The van der Waals surface area contributed by atoms with Crippen LogP contribution in [0.1, 0.15) is 29.3 Å². The summed E-state index contributed by atoms with van der Waals surface area (Å²) in [6.07, 6.45) is -0.172. The zero-order valence-corrected chi connectivity index (χ0v) is 14.1. The fourth-order valence-corrected chi connectivity index (χ4v) is 2.61. The second kappa shape index (κ2) is 7.88. The summed E-state index contributed by atoms with van der Waals surface area (Å²) in [6.45, 7) is 3.80. The molecule has 0 fully saturated rings. The second-order valence-electron chi connectivity index (χ2n) is 5.68. The van der Waals surface area contributed by atoms with Gasteiger partial charge >= 0.3 is 5.97 Å². The first-order valence-corrected chi connectivity index (χ1v) is 7.90. The summed E-state index contributed by atoms with van der Waals surface area (Å²) < 4.78 is 27.7. The predicted molar refractivity (Wildman–Crippen MR) is 90.4 cm³/mol. The van der Waals surface area contributed by atoms with Crippen molar-refractivity contribution in [3.63, 3.8) is 0 Å². The average molecular weight is 347 g/mol. The molecule has 0 atom stereocenters. The number of carboxylic acid groups (broad SMARTS) is 1. The van der Waals surface area contributed by atoms with Crippen molar-refractivity contribution in [1.82, 2.24) is 4.90 Å². The summed E-state index contributed by atoms with van der Waals surface area (Å²) in [6, 6.07) is 8.17. The van der Waals surface area contributed by atoms with Crippen molar-refractivity contribution in [2.24, 2.45) is 0 Å². The van der Waals surface area contributed by atoms with E-state index in [0.29, 0.717) is 17.7 Å². The van der Waals surface area contributed by atoms with Crippen molar-refractivity contribution in [2.45, 2.75) is 20.3 Å². The van der Waals surface area contributed by atoms with Crippen LogP contribution in [0.5, 0.6) is 0 Å². The molecule has 2 rings (SSSR count). The van der Waals surface area contributed by atoms with E-state index in [4.69, 9.17) is 5.11 Å². The van der Waals surface area contributed by atoms with Gasteiger partial charge in [-0.3, -0.25) is 9.59 Å². The van der Waals surface area contributed by atoms with E-state index in [9.17, 15) is 18.4 Å². The van der Waals surface area contributed by atoms with Crippen LogP contribution < -0.4 is 0 Å². The van der Waals surface area contributed by atoms with Crippen LogP contribution in [0.4, 0.5) is 8.78 Å². The molecule has 0 heterocycles. The number of hydrogen-bond acceptors (Lipinski definition) is 2. The third-order valence-electron chi connectivity index (χ3n) is 3.96. The van der Waals surface area contributed by atoms with Gasteiger partial charge in [-0.25, -0.2) is 8.78 Å². The molecule has 1 N–H and O–H groups in total. The first kappa shape index (κ1) is 18.6. The lowest BCUT2D eigenvalue weighted by molar-refractivity contribution is -0.137. The molecule has 0 spiro atoms. The Kier molecular flexibility index (Phi) is 5.85. The molecule has 2 aromatic carbocycles. The van der Waals surface area contributed by atoms with Crippen molar-refractivity contribution in [3.05, 3.63) is 59.2 Å². The van der Waals surface area contributed by atoms with Gasteiger partial charge < -0.3 is 10.0 Å². The molecule has 6 heteroatoms. The zero-order valence-electron chi connectivity index (χ0n) is 14.1. The first-order valence-electron chi connectivity index (χ1n) is 7.90. The lowest BCUT2D eigenvalue weighted by atomic mass is 9.98. The SMILES string of the molecule is CCN(CCC(=O)O)C(=O)c1ccc(-c2ccc(F)cc2C)c(F)c1. The molecule has 0 bridgehead atoms. The highest BCUT2D eigenvalue weighted by atomic mass is 19.1. The number of aryl methyl sites for hydroxylation is 1. The Bertz CT molecular complexity index is 805. The molecule has 0 aromatic heterocycles. The van der Waals surface area contributed by atoms with Crippen LogP contribution in [0, 0.1) is 18.6 Å². The van der Waals surface area contributed by atoms with Crippen LogP contribution in [0.15, 0.2) is 36.4 Å². The van der Waals surface area contributed by atoms with Gasteiger partial charge in [0.25, 0.3) is 5.91 Å². The molecule has 0 saturated heterocycles. The van der Waals surface area contributed by atoms with E-state index in [-0.39, 0.29) is 24.1 Å². The molecule has 0 aliphatic rings. The van der Waals surface area contributed by atoms with E-state index in [1.54, 1.807) is 13.8 Å². The van der Waals surface area contributed by atoms with Gasteiger partial charge in [0.2, 0.25) is 0 Å². The number of nitrogens with zero attached hydrogens (tertiary/aromatic N) is 1. The fourth-order valence-electron chi connectivity index (χ4n) is 2.61. The Morgan fingerprint density at radius 3 is 2.32 bits per heavy atom. The van der Waals surface area contributed by atoms with Gasteiger partial charge in [-0.2, -0.15) is 0 Å². The quantitative estimate of drug-likeness (QED) is 0.863. The summed E-state index contributed by atoms with van der Waals surface area (Å²) in [4.78, 5) is 24.4. The number of rotatable bonds is 6. The Hall–Kier alpha value is -2.76. The van der Waals surface area contributed by atoms with E-state index in [1.165, 1.54) is 35.2 Å². The molecule has 2 aromatic rings. The topological polar surface area (TPSA) is 57.6 Å². The minimum absolute atomic E-state index is 0.0606. The molecule has 132 valence electrons. The first-order chi connectivity index (χ1) is 11.8. The predicted octanol–water partition coefficient (Wildman–Crippen LogP) is 3.88. The van der Waals surface area contributed by atoms with Gasteiger partial charge in [0, 0.05) is 24.2 Å². The van der Waals surface area contributed by atoms with Crippen molar-refractivity contribution in [1.29, 1.82) is 0 Å². The normalized spacial score (nSPS) is 10.6. The van der Waals surface area contributed by atoms with E-state index >= 15 is 0 Å². The second-order valence-corrected chi connectivity index (χ2v) is 5.68. The van der Waals surface area contributed by atoms with Crippen molar-refractivity contribution >= 4 is 11.9 Å². The number of aliphatic carboxylic acids is 1. The summed E-state index contributed by atoms with van der Waals surface area (Å²) >= 11 is 0. The minimum Gasteiger partial charge on any atom is -0.481 e. The maximum atomic E-state index is 14.5. The Morgan fingerprint density at radius 2 is 1.76 bits per heavy atom. The highest BCUT2D eigenvalue weighted by Crippen LogP contribution is 2.27. The van der Waals surface area contributed by atoms with E-state index in [2.05, 4.69) is 0 Å². The molecule has 0 aliphatic carbocycles. The summed E-state index contributed by atoms with van der Waals surface area (Å²) in [7, 11) is 0. The highest BCUT2D eigenvalue weighted by Gasteiger charge is 2.18. The van der Waals surface area contributed by atoms with Crippen molar-refractivity contribution in [2.75, 3.05) is 13.1 Å². The molecular formula is C19H19F2NO3. The summed E-state index contributed by atoms with van der Waals surface area (Å²) in [5.74, 6) is -2.41. The molecule has 25 heavy (non-hydrogen) atoms. The Labute approximate surface area is 144 Å². The summed E-state index contributed by atoms with van der Waals surface area (Å²) in [5, 5.41) is 8.74. The number of benzene rings is 2. The lowest BCUT2D eigenvalue weighted by Crippen LogP contribution is -2.32. The number of halogens is 2. The van der Waals surface area contributed by atoms with Gasteiger partial charge in [0.1, 0.15) is 11.6 Å². The average Bonchev–Trinajstić information content (AvgIpc) is 2.55. The van der Waals surface area contributed by atoms with Crippen LogP contribution in [-0.2, 0) is 4.79 Å². The van der Waals surface area contributed by atoms with Gasteiger partial charge in [-0.15, -0.1) is 0 Å². The van der Waals surface area contributed by atoms with Crippen LogP contribution in [-0.4, -0.2) is 35.0 Å². The molecule has 1 amide bonds. The van der Waals surface area contributed by atoms with Gasteiger partial charge in [0.05, 0.1) is 6.42 Å². The van der Waals surface area contributed by atoms with Gasteiger partial charge in [0.15, 0.2) is 0 Å². The van der Waals surface area contributed by atoms with Gasteiger partial charge in [-0.1, -0.05) is 12.1 Å². The zero-order chi connectivity index (χ0) is 18.6. The summed E-state index contributed by atoms with van der Waals surface area (Å²) in [5.41, 5.74) is 1.57. The maximum absolute atomic E-state index is 14.5. The monoisotopic (exact) mass is 347 g/mol. The standard InChI is InChI=1S/C19H19F2NO3/c1-3-22(9-8-18(23)24)19(25)13-4-6-16(17(21)11-13)15-7-5-14(20)10-12(15)2/h4-7,10-11H,3,8-9H2,1-2H3,(H,23,24). The smallest absolute Gasteiger partial charge is 0.305 e. The van der Waals surface area contributed by atoms with Crippen LogP contribution in [0.25, 0.3) is 11.1 Å². The molecule has 0 saturated carbocycles. The minimum atomic E-state index is -1.00. The van der Waals surface area contributed by atoms with Crippen LogP contribution in [0.3, 0.4) is 0 Å². The Balaban J connectivity index is 2.29. The van der Waals surface area contributed by atoms with Crippen molar-refractivity contribution < 1.29 is 23.5 Å². The highest BCUT2D eigenvalue weighted by molar-refractivity contribution is 5.95. The number of carboxylic acids is 1. The maximum Gasteiger partial charge on any atom is 0.305 e. The van der Waals surface area contributed by atoms with E-state index in [1.807, 2.05) is 0 Å². The lowest BCUT2D eigenvalue weighted by Gasteiger charge is -2.20. The number of hydrogen-bond donors (Lipinski definition) is 1. The number of amides is 1. The van der Waals surface area contributed by atoms with Crippen LogP contribution in [0.2, 0.25) is 0 Å². The molecule has 0 aliphatic heterocycles. The third-order valence-corrected chi connectivity index (χ3v) is 3.96. The van der Waals surface area contributed by atoms with Crippen LogP contribution >= 0.6 is 0 Å². The van der Waals surface area contributed by atoms with Gasteiger partial charge in [-0.05, 0) is 49.2 Å². The van der Waals surface area contributed by atoms with E-state index in [0.717, 1.165) is 6.07 Å². The Morgan fingerprint density at radius 1 is 1.08 bits per heavy atom. The molecule has 4 nitrogen and oxygen atoms in total. The fraction of sp³-hybridized carbons (Fsp3) is 0.263.